The van der Waals surface area contributed by atoms with E-state index in [1.54, 1.807) is 0 Å². The molecule has 6 nitrogen and oxygen atoms in total. The maximum atomic E-state index is 11.5. The van der Waals surface area contributed by atoms with Crippen LogP contribution in [0.25, 0.3) is 10.9 Å². The van der Waals surface area contributed by atoms with Crippen molar-refractivity contribution in [1.82, 2.24) is 14.7 Å². The number of hydrogen-bond donors (Lipinski definition) is 2. The predicted octanol–water partition coefficient (Wildman–Crippen LogP) is 3.79. The van der Waals surface area contributed by atoms with Crippen LogP contribution < -0.4 is 0 Å². The molecule has 146 valence electrons. The SMILES string of the molecule is CCc1nn(C2CCCC2)c2cc([C@@H]3CN(C(=O)O)C[C@@]3(C)CO)ccc12. The topological polar surface area (TPSA) is 78.6 Å². The molecule has 6 heteroatoms. The van der Waals surface area contributed by atoms with Crippen molar-refractivity contribution in [2.45, 2.75) is 57.9 Å². The summed E-state index contributed by atoms with van der Waals surface area (Å²) < 4.78 is 2.21. The molecule has 2 atom stereocenters. The zero-order valence-electron chi connectivity index (χ0n) is 16.2. The van der Waals surface area contributed by atoms with E-state index >= 15 is 0 Å². The van der Waals surface area contributed by atoms with Crippen LogP contribution in [0.1, 0.15) is 62.7 Å². The number of nitrogens with zero attached hydrogens (tertiary/aromatic N) is 3. The average molecular weight is 371 g/mol. The molecule has 1 aromatic heterocycles. The molecule has 1 aliphatic carbocycles. The highest BCUT2D eigenvalue weighted by Crippen LogP contribution is 2.43. The number of likely N-dealkylation sites (tertiary alicyclic amines) is 1. The Morgan fingerprint density at radius 3 is 2.70 bits per heavy atom. The zero-order valence-corrected chi connectivity index (χ0v) is 16.2. The number of benzene rings is 1. The first-order chi connectivity index (χ1) is 13.0. The molecule has 1 aromatic carbocycles. The minimum atomic E-state index is -0.914. The van der Waals surface area contributed by atoms with Gasteiger partial charge in [-0.1, -0.05) is 38.8 Å². The number of hydrogen-bond acceptors (Lipinski definition) is 3. The van der Waals surface area contributed by atoms with Gasteiger partial charge in [-0.15, -0.1) is 0 Å². The average Bonchev–Trinajstić information content (AvgIpc) is 3.38. The van der Waals surface area contributed by atoms with Crippen molar-refractivity contribution in [3.8, 4) is 0 Å². The fourth-order valence-corrected chi connectivity index (χ4v) is 4.99. The van der Waals surface area contributed by atoms with Crippen LogP contribution in [0.15, 0.2) is 18.2 Å². The van der Waals surface area contributed by atoms with Gasteiger partial charge in [0.25, 0.3) is 0 Å². The third-order valence-corrected chi connectivity index (χ3v) is 6.64. The molecule has 0 bridgehead atoms. The Morgan fingerprint density at radius 1 is 1.33 bits per heavy atom. The van der Waals surface area contributed by atoms with Crippen molar-refractivity contribution < 1.29 is 15.0 Å². The van der Waals surface area contributed by atoms with Crippen molar-refractivity contribution in [3.05, 3.63) is 29.5 Å². The lowest BCUT2D eigenvalue weighted by Crippen LogP contribution is -2.32. The number of aryl methyl sites for hydroxylation is 1. The lowest BCUT2D eigenvalue weighted by Gasteiger charge is -2.28. The van der Waals surface area contributed by atoms with E-state index < -0.39 is 11.5 Å². The molecule has 27 heavy (non-hydrogen) atoms. The lowest BCUT2D eigenvalue weighted by atomic mass is 9.76. The first-order valence-corrected chi connectivity index (χ1v) is 10.1. The molecule has 2 fully saturated rings. The summed E-state index contributed by atoms with van der Waals surface area (Å²) in [5, 5.41) is 25.6. The van der Waals surface area contributed by atoms with Gasteiger partial charge in [0, 0.05) is 29.8 Å². The van der Waals surface area contributed by atoms with Crippen LogP contribution in [0.5, 0.6) is 0 Å². The third-order valence-electron chi connectivity index (χ3n) is 6.64. The highest BCUT2D eigenvalue weighted by molar-refractivity contribution is 5.83. The smallest absolute Gasteiger partial charge is 0.407 e. The first-order valence-electron chi connectivity index (χ1n) is 10.1. The van der Waals surface area contributed by atoms with Crippen LogP contribution in [0.2, 0.25) is 0 Å². The number of aromatic nitrogens is 2. The van der Waals surface area contributed by atoms with Gasteiger partial charge in [-0.05, 0) is 30.9 Å². The molecular weight excluding hydrogens is 342 g/mol. The number of carbonyl (C=O) groups is 1. The van der Waals surface area contributed by atoms with E-state index in [0.29, 0.717) is 19.1 Å². The Labute approximate surface area is 159 Å². The first kappa shape index (κ1) is 18.3. The molecule has 1 saturated carbocycles. The number of aliphatic hydroxyl groups excluding tert-OH is 1. The largest absolute Gasteiger partial charge is 0.465 e. The second kappa shape index (κ2) is 6.82. The third kappa shape index (κ3) is 3.00. The molecule has 0 spiro atoms. The van der Waals surface area contributed by atoms with Crippen molar-refractivity contribution in [1.29, 1.82) is 0 Å². The predicted molar refractivity (Wildman–Crippen MR) is 104 cm³/mol. The van der Waals surface area contributed by atoms with Crippen LogP contribution in [-0.4, -0.2) is 50.7 Å². The Bertz CT molecular complexity index is 856. The molecule has 4 rings (SSSR count). The normalized spacial score (nSPS) is 26.3. The fraction of sp³-hybridized carbons (Fsp3) is 0.619. The lowest BCUT2D eigenvalue weighted by molar-refractivity contribution is 0.123. The van der Waals surface area contributed by atoms with Gasteiger partial charge >= 0.3 is 6.09 Å². The van der Waals surface area contributed by atoms with E-state index in [1.165, 1.54) is 36.0 Å². The molecule has 0 radical (unpaired) electrons. The van der Waals surface area contributed by atoms with E-state index in [2.05, 4.69) is 29.8 Å². The molecule has 2 aliphatic rings. The van der Waals surface area contributed by atoms with Crippen molar-refractivity contribution in [2.24, 2.45) is 5.41 Å². The standard InChI is InChI=1S/C21H29N3O3/c1-3-18-16-9-8-14(10-19(16)24(22-18)15-6-4-5-7-15)17-11-23(20(26)27)12-21(17,2)13-25/h8-10,15,17,25H,3-7,11-13H2,1-2H3,(H,26,27)/t17-,21-/m0/s1. The van der Waals surface area contributed by atoms with Crippen molar-refractivity contribution in [2.75, 3.05) is 19.7 Å². The van der Waals surface area contributed by atoms with Crippen LogP contribution >= 0.6 is 0 Å². The van der Waals surface area contributed by atoms with E-state index in [0.717, 1.165) is 23.2 Å². The number of amides is 1. The van der Waals surface area contributed by atoms with Gasteiger partial charge in [0.15, 0.2) is 0 Å². The van der Waals surface area contributed by atoms with E-state index in [4.69, 9.17) is 5.10 Å². The fourth-order valence-electron chi connectivity index (χ4n) is 4.99. The molecular formula is C21H29N3O3. The molecule has 1 amide bonds. The number of aliphatic hydroxyl groups is 1. The summed E-state index contributed by atoms with van der Waals surface area (Å²) in [7, 11) is 0. The van der Waals surface area contributed by atoms with Gasteiger partial charge in [-0.25, -0.2) is 4.79 Å². The van der Waals surface area contributed by atoms with Gasteiger partial charge in [-0.3, -0.25) is 4.68 Å². The minimum absolute atomic E-state index is 0.0139. The molecule has 2 aromatic rings. The Balaban J connectivity index is 1.78. The van der Waals surface area contributed by atoms with Crippen LogP contribution in [-0.2, 0) is 6.42 Å². The minimum Gasteiger partial charge on any atom is -0.465 e. The second-order valence-electron chi connectivity index (χ2n) is 8.49. The summed E-state index contributed by atoms with van der Waals surface area (Å²) in [5.41, 5.74) is 2.93. The molecule has 1 aliphatic heterocycles. The monoisotopic (exact) mass is 371 g/mol. The highest BCUT2D eigenvalue weighted by Gasteiger charge is 2.45. The van der Waals surface area contributed by atoms with E-state index in [1.807, 2.05) is 6.92 Å². The number of rotatable bonds is 4. The van der Waals surface area contributed by atoms with Crippen LogP contribution in [0.3, 0.4) is 0 Å². The maximum absolute atomic E-state index is 11.5. The second-order valence-corrected chi connectivity index (χ2v) is 8.49. The summed E-state index contributed by atoms with van der Waals surface area (Å²) in [4.78, 5) is 12.9. The van der Waals surface area contributed by atoms with Gasteiger partial charge < -0.3 is 15.1 Å². The quantitative estimate of drug-likeness (QED) is 0.857. The summed E-state index contributed by atoms with van der Waals surface area (Å²) in [6.07, 6.45) is 4.85. The zero-order chi connectivity index (χ0) is 19.2. The van der Waals surface area contributed by atoms with Gasteiger partial charge in [0.1, 0.15) is 0 Å². The molecule has 2 heterocycles. The highest BCUT2D eigenvalue weighted by atomic mass is 16.4. The maximum Gasteiger partial charge on any atom is 0.407 e. The summed E-state index contributed by atoms with van der Waals surface area (Å²) >= 11 is 0. The summed E-state index contributed by atoms with van der Waals surface area (Å²) in [6.45, 7) is 4.89. The van der Waals surface area contributed by atoms with Crippen molar-refractivity contribution in [3.63, 3.8) is 0 Å². The van der Waals surface area contributed by atoms with Gasteiger partial charge in [0.05, 0.1) is 23.9 Å². The summed E-state index contributed by atoms with van der Waals surface area (Å²) in [6, 6.07) is 6.91. The molecule has 2 N–H and O–H groups in total. The molecule has 1 saturated heterocycles. The number of fused-ring (bicyclic) bond motifs is 1. The Kier molecular flexibility index (Phi) is 4.62. The van der Waals surface area contributed by atoms with Crippen molar-refractivity contribution >= 4 is 17.0 Å². The molecule has 0 unspecified atom stereocenters. The summed E-state index contributed by atoms with van der Waals surface area (Å²) in [5.74, 6) is -0.0139. The van der Waals surface area contributed by atoms with E-state index in [-0.39, 0.29) is 12.5 Å². The van der Waals surface area contributed by atoms with E-state index in [9.17, 15) is 15.0 Å². The van der Waals surface area contributed by atoms with Gasteiger partial charge in [-0.2, -0.15) is 5.10 Å². The van der Waals surface area contributed by atoms with Crippen LogP contribution in [0.4, 0.5) is 4.79 Å². The van der Waals surface area contributed by atoms with Gasteiger partial charge in [0.2, 0.25) is 0 Å². The number of carboxylic acid groups (broad SMARTS) is 1. The van der Waals surface area contributed by atoms with Crippen LogP contribution in [0, 0.1) is 5.41 Å². The Morgan fingerprint density at radius 2 is 2.07 bits per heavy atom. The Hall–Kier alpha value is -2.08.